The first-order valence-electron chi connectivity index (χ1n) is 12.5. The molecule has 0 spiro atoms. The lowest BCUT2D eigenvalue weighted by Crippen LogP contribution is -2.46. The lowest BCUT2D eigenvalue weighted by molar-refractivity contribution is -0.164. The molecule has 3 atom stereocenters. The zero-order valence-electron chi connectivity index (χ0n) is 21.9. The molecule has 0 bridgehead atoms. The minimum absolute atomic E-state index is 0.128. The van der Waals surface area contributed by atoms with E-state index in [1.807, 2.05) is 4.90 Å². The second-order valence-electron chi connectivity index (χ2n) is 9.74. The number of likely N-dealkylation sites (tertiary alicyclic amines) is 1. The average molecular weight is 589 g/mol. The third kappa shape index (κ3) is 6.84. The first kappa shape index (κ1) is 30.0. The van der Waals surface area contributed by atoms with Gasteiger partial charge in [0.05, 0.1) is 30.7 Å². The van der Waals surface area contributed by atoms with Crippen LogP contribution in [0.1, 0.15) is 41.0 Å². The predicted molar refractivity (Wildman–Crippen MR) is 136 cm³/mol. The summed E-state index contributed by atoms with van der Waals surface area (Å²) >= 11 is 0. The van der Waals surface area contributed by atoms with Crippen LogP contribution in [-0.4, -0.2) is 81.4 Å². The van der Waals surface area contributed by atoms with Crippen molar-refractivity contribution in [2.75, 3.05) is 37.7 Å². The van der Waals surface area contributed by atoms with Crippen LogP contribution in [0.4, 0.5) is 42.4 Å². The largest absolute Gasteiger partial charge is 0.410 e. The number of anilines is 2. The summed E-state index contributed by atoms with van der Waals surface area (Å²) in [7, 11) is 1.80. The van der Waals surface area contributed by atoms with Crippen molar-refractivity contribution in [3.8, 4) is 11.8 Å². The predicted octanol–water partition coefficient (Wildman–Crippen LogP) is 3.58. The molecule has 0 saturated carbocycles. The van der Waals surface area contributed by atoms with Gasteiger partial charge in [-0.3, -0.25) is 4.79 Å². The zero-order chi connectivity index (χ0) is 30.1. The summed E-state index contributed by atoms with van der Waals surface area (Å²) in [6.45, 7) is 1.31. The normalized spacial score (nSPS) is 19.0. The van der Waals surface area contributed by atoms with E-state index in [1.165, 1.54) is 16.6 Å². The van der Waals surface area contributed by atoms with E-state index in [-0.39, 0.29) is 35.4 Å². The van der Waals surface area contributed by atoms with E-state index in [9.17, 15) is 35.5 Å². The van der Waals surface area contributed by atoms with Crippen LogP contribution in [0, 0.1) is 11.8 Å². The number of hydrogen-bond acceptors (Lipinski definition) is 6. The summed E-state index contributed by atoms with van der Waals surface area (Å²) in [6.07, 6.45) is -10.4. The van der Waals surface area contributed by atoms with E-state index in [0.717, 1.165) is 13.1 Å². The van der Waals surface area contributed by atoms with Crippen LogP contribution in [0.15, 0.2) is 24.4 Å². The zero-order valence-corrected chi connectivity index (χ0v) is 21.9. The van der Waals surface area contributed by atoms with Crippen LogP contribution in [0.3, 0.4) is 0 Å². The molecule has 9 nitrogen and oxygen atoms in total. The highest BCUT2D eigenvalue weighted by molar-refractivity contribution is 5.98. The van der Waals surface area contributed by atoms with Crippen LogP contribution < -0.4 is 16.4 Å². The number of nitrogens with two attached hydrogens (primary N) is 1. The van der Waals surface area contributed by atoms with E-state index in [1.54, 1.807) is 13.1 Å². The van der Waals surface area contributed by atoms with Gasteiger partial charge in [-0.1, -0.05) is 12.0 Å². The Kier molecular flexibility index (Phi) is 8.39. The highest BCUT2D eigenvalue weighted by Crippen LogP contribution is 2.32. The molecule has 0 aromatic carbocycles. The molecule has 1 saturated heterocycles. The molecule has 0 radical (unpaired) electrons. The SMILES string of the molecule is CC(n1ncc(C(=O)NCC#Cc2nn3c(N[C@@H]4CCN(C)C[C@@H]4F)cccc3c2CC(F)(F)F)c1N)C(F)(F)F. The van der Waals surface area contributed by atoms with Crippen LogP contribution in [0.25, 0.3) is 5.52 Å². The Morgan fingerprint density at radius 3 is 2.63 bits per heavy atom. The molecule has 3 aromatic rings. The lowest BCUT2D eigenvalue weighted by atomic mass is 10.0. The topological polar surface area (TPSA) is 106 Å². The fraction of sp³-hybridized carbons (Fsp3) is 0.480. The van der Waals surface area contributed by atoms with E-state index in [2.05, 4.69) is 32.7 Å². The summed E-state index contributed by atoms with van der Waals surface area (Å²) < 4.78 is 95.6. The Morgan fingerprint density at radius 1 is 1.24 bits per heavy atom. The number of amides is 1. The maximum absolute atomic E-state index is 14.6. The van der Waals surface area contributed by atoms with Gasteiger partial charge in [0.2, 0.25) is 0 Å². The van der Waals surface area contributed by atoms with Crippen molar-refractivity contribution in [2.45, 2.75) is 50.4 Å². The van der Waals surface area contributed by atoms with E-state index in [0.29, 0.717) is 23.5 Å². The van der Waals surface area contributed by atoms with Gasteiger partial charge < -0.3 is 21.3 Å². The molecular weight excluding hydrogens is 561 g/mol. The van der Waals surface area contributed by atoms with Gasteiger partial charge in [-0.05, 0) is 38.4 Å². The van der Waals surface area contributed by atoms with Crippen molar-refractivity contribution >= 4 is 23.1 Å². The third-order valence-corrected chi connectivity index (χ3v) is 6.68. The molecule has 222 valence electrons. The maximum atomic E-state index is 14.6. The summed E-state index contributed by atoms with van der Waals surface area (Å²) in [6, 6.07) is 1.91. The molecule has 4 heterocycles. The van der Waals surface area contributed by atoms with Gasteiger partial charge in [0.1, 0.15) is 35.1 Å². The van der Waals surface area contributed by atoms with Crippen molar-refractivity contribution in [1.82, 2.24) is 29.6 Å². The maximum Gasteiger partial charge on any atom is 0.410 e. The molecule has 0 aliphatic carbocycles. The Labute approximate surface area is 229 Å². The van der Waals surface area contributed by atoms with Gasteiger partial charge in [0, 0.05) is 18.7 Å². The number of fused-ring (bicyclic) bond motifs is 1. The molecule has 41 heavy (non-hydrogen) atoms. The van der Waals surface area contributed by atoms with Crippen molar-refractivity contribution in [3.05, 3.63) is 41.2 Å². The van der Waals surface area contributed by atoms with E-state index >= 15 is 0 Å². The number of nitrogens with zero attached hydrogens (tertiary/aromatic N) is 5. The van der Waals surface area contributed by atoms with Crippen molar-refractivity contribution in [1.29, 1.82) is 0 Å². The second kappa shape index (κ2) is 11.5. The Balaban J connectivity index is 1.55. The Hall–Kier alpha value is -4.00. The number of halogens is 7. The van der Waals surface area contributed by atoms with Gasteiger partial charge in [-0.25, -0.2) is 13.6 Å². The van der Waals surface area contributed by atoms with Gasteiger partial charge >= 0.3 is 12.4 Å². The van der Waals surface area contributed by atoms with Crippen molar-refractivity contribution in [2.24, 2.45) is 0 Å². The van der Waals surface area contributed by atoms with Crippen LogP contribution in [0.5, 0.6) is 0 Å². The first-order chi connectivity index (χ1) is 19.2. The van der Waals surface area contributed by atoms with Gasteiger partial charge in [0.25, 0.3) is 5.91 Å². The number of nitrogens with one attached hydrogen (secondary N) is 2. The number of alkyl halides is 7. The quantitative estimate of drug-likeness (QED) is 0.301. The molecule has 4 N–H and O–H groups in total. The highest BCUT2D eigenvalue weighted by atomic mass is 19.4. The molecule has 1 fully saturated rings. The van der Waals surface area contributed by atoms with Crippen molar-refractivity contribution in [3.63, 3.8) is 0 Å². The summed E-state index contributed by atoms with van der Waals surface area (Å²) in [5, 5.41) is 13.1. The molecule has 1 amide bonds. The van der Waals surface area contributed by atoms with E-state index in [4.69, 9.17) is 5.73 Å². The number of carbonyl (C=O) groups excluding carboxylic acids is 1. The Morgan fingerprint density at radius 2 is 1.98 bits per heavy atom. The third-order valence-electron chi connectivity index (χ3n) is 6.68. The number of aromatic nitrogens is 4. The van der Waals surface area contributed by atoms with Gasteiger partial charge in [0.15, 0.2) is 0 Å². The number of piperidine rings is 1. The number of carbonyl (C=O) groups is 1. The van der Waals surface area contributed by atoms with Crippen LogP contribution in [-0.2, 0) is 6.42 Å². The second-order valence-corrected chi connectivity index (χ2v) is 9.74. The molecule has 1 unspecified atom stereocenters. The number of pyridine rings is 1. The number of rotatable bonds is 6. The van der Waals surface area contributed by atoms with E-state index < -0.39 is 48.8 Å². The number of nitrogen functional groups attached to an aromatic ring is 1. The van der Waals surface area contributed by atoms with Gasteiger partial charge in [-0.15, -0.1) is 0 Å². The fourth-order valence-corrected chi connectivity index (χ4v) is 4.45. The molecular formula is C25H27F7N8O. The highest BCUT2D eigenvalue weighted by Gasteiger charge is 2.39. The van der Waals surface area contributed by atoms with Crippen molar-refractivity contribution < 1.29 is 35.5 Å². The summed E-state index contributed by atoms with van der Waals surface area (Å²) in [5.41, 5.74) is 5.08. The molecule has 1 aliphatic heterocycles. The standard InChI is InChI=1S/C25H27F7N8O/c1-14(25(30,31)32)39-22(33)16(12-35-39)23(41)34-9-4-5-18-15(11-24(27,28)29)20-6-3-7-21(40(20)37-18)36-19-8-10-38(2)13-17(19)26/h3,6-7,12,14,17,19,36H,8-11,13,33H2,1-2H3,(H,34,41)/t14?,17-,19+/m0/s1. The minimum atomic E-state index is -4.64. The first-order valence-corrected chi connectivity index (χ1v) is 12.5. The minimum Gasteiger partial charge on any atom is -0.383 e. The number of hydrogen-bond donors (Lipinski definition) is 3. The lowest BCUT2D eigenvalue weighted by Gasteiger charge is -2.33. The van der Waals surface area contributed by atoms with Gasteiger partial charge in [-0.2, -0.15) is 36.5 Å². The fourth-order valence-electron chi connectivity index (χ4n) is 4.45. The average Bonchev–Trinajstić information content (AvgIpc) is 3.42. The van der Waals surface area contributed by atoms with Crippen LogP contribution in [0.2, 0.25) is 0 Å². The summed E-state index contributed by atoms with van der Waals surface area (Å²) in [5.74, 6) is 3.97. The molecule has 3 aromatic heterocycles. The Bertz CT molecular complexity index is 1470. The molecule has 4 rings (SSSR count). The summed E-state index contributed by atoms with van der Waals surface area (Å²) in [4.78, 5) is 14.3. The molecule has 16 heteroatoms. The van der Waals surface area contributed by atoms with Crippen LogP contribution >= 0.6 is 0 Å². The monoisotopic (exact) mass is 588 g/mol. The molecule has 1 aliphatic rings. The smallest absolute Gasteiger partial charge is 0.383 e.